The highest BCUT2D eigenvalue weighted by atomic mass is 16.2. The predicted octanol–water partition coefficient (Wildman–Crippen LogP) is -2.23. The summed E-state index contributed by atoms with van der Waals surface area (Å²) in [6.07, 6.45) is 0.939. The summed E-state index contributed by atoms with van der Waals surface area (Å²) in [5, 5.41) is 0. The monoisotopic (exact) mass is 209 g/mol. The Balaban J connectivity index is 3.40. The molecule has 8 nitrogen and oxygen atoms in total. The number of carbonyl (C=O) groups is 3. The highest BCUT2D eigenvalue weighted by molar-refractivity contribution is 6.04. The van der Waals surface area contributed by atoms with Crippen LogP contribution in [0.25, 0.3) is 0 Å². The van der Waals surface area contributed by atoms with Crippen LogP contribution >= 0.6 is 0 Å². The lowest BCUT2D eigenvalue weighted by atomic mass is 10.2. The number of nitrogens with two attached hydrogens (primary N) is 3. The number of primary amides is 3. The molecule has 0 aliphatic rings. The molecule has 0 atom stereocenters. The van der Waals surface area contributed by atoms with Gasteiger partial charge in [-0.25, -0.2) is 9.97 Å². The van der Waals surface area contributed by atoms with Crippen LogP contribution in [-0.2, 0) is 0 Å². The van der Waals surface area contributed by atoms with Gasteiger partial charge in [-0.2, -0.15) is 0 Å². The number of hydrogen-bond acceptors (Lipinski definition) is 5. The lowest BCUT2D eigenvalue weighted by Gasteiger charge is -2.02. The van der Waals surface area contributed by atoms with Gasteiger partial charge in [-0.3, -0.25) is 14.4 Å². The number of carbonyl (C=O) groups excluding carboxylic acids is 3. The Kier molecular flexibility index (Phi) is 2.61. The molecule has 0 spiro atoms. The van der Waals surface area contributed by atoms with Crippen LogP contribution in [0.5, 0.6) is 0 Å². The number of nitrogens with zero attached hydrogens (tertiary/aromatic N) is 2. The second kappa shape index (κ2) is 3.70. The standard InChI is InChI=1S/C7H7N5O3/c8-5(13)2-1-11-3(6(9)14)4(12-2)7(10)15/h1H,(H2,8,13)(H2,9,14)(H2,10,15). The molecule has 0 unspecified atom stereocenters. The number of hydrogen-bond donors (Lipinski definition) is 3. The lowest BCUT2D eigenvalue weighted by Crippen LogP contribution is -2.26. The van der Waals surface area contributed by atoms with Gasteiger partial charge in [-0.05, 0) is 0 Å². The van der Waals surface area contributed by atoms with Crippen LogP contribution in [-0.4, -0.2) is 27.7 Å². The van der Waals surface area contributed by atoms with Crippen molar-refractivity contribution in [1.82, 2.24) is 9.97 Å². The van der Waals surface area contributed by atoms with E-state index >= 15 is 0 Å². The van der Waals surface area contributed by atoms with E-state index in [4.69, 9.17) is 17.2 Å². The minimum Gasteiger partial charge on any atom is -0.364 e. The Morgan fingerprint density at radius 3 is 1.87 bits per heavy atom. The van der Waals surface area contributed by atoms with Crippen LogP contribution in [0, 0.1) is 0 Å². The van der Waals surface area contributed by atoms with Crippen molar-refractivity contribution in [3.63, 3.8) is 0 Å². The summed E-state index contributed by atoms with van der Waals surface area (Å²) >= 11 is 0. The van der Waals surface area contributed by atoms with Crippen molar-refractivity contribution in [3.05, 3.63) is 23.3 Å². The second-order valence-corrected chi connectivity index (χ2v) is 2.55. The molecule has 1 aromatic rings. The first-order valence-corrected chi connectivity index (χ1v) is 3.70. The van der Waals surface area contributed by atoms with E-state index in [2.05, 4.69) is 9.97 Å². The number of amides is 3. The van der Waals surface area contributed by atoms with Gasteiger partial charge in [0.1, 0.15) is 5.69 Å². The van der Waals surface area contributed by atoms with E-state index in [0.29, 0.717) is 0 Å². The summed E-state index contributed by atoms with van der Waals surface area (Å²) < 4.78 is 0. The van der Waals surface area contributed by atoms with Crippen molar-refractivity contribution in [2.45, 2.75) is 0 Å². The normalized spacial score (nSPS) is 9.60. The van der Waals surface area contributed by atoms with E-state index in [0.717, 1.165) is 6.20 Å². The number of rotatable bonds is 3. The molecule has 0 fully saturated rings. The summed E-state index contributed by atoms with van der Waals surface area (Å²) in [7, 11) is 0. The van der Waals surface area contributed by atoms with Crippen LogP contribution in [0.4, 0.5) is 0 Å². The Morgan fingerprint density at radius 1 is 0.933 bits per heavy atom. The van der Waals surface area contributed by atoms with Crippen molar-refractivity contribution in [3.8, 4) is 0 Å². The summed E-state index contributed by atoms with van der Waals surface area (Å²) in [4.78, 5) is 39.3. The largest absolute Gasteiger partial charge is 0.364 e. The first kappa shape index (κ1) is 10.6. The van der Waals surface area contributed by atoms with Crippen LogP contribution in [0.15, 0.2) is 6.20 Å². The summed E-state index contributed by atoms with van der Waals surface area (Å²) in [5.41, 5.74) is 13.6. The molecule has 0 radical (unpaired) electrons. The first-order chi connectivity index (χ1) is 6.93. The van der Waals surface area contributed by atoms with Gasteiger partial charge in [0.25, 0.3) is 17.7 Å². The van der Waals surface area contributed by atoms with Gasteiger partial charge < -0.3 is 17.2 Å². The van der Waals surface area contributed by atoms with Crippen LogP contribution in [0.1, 0.15) is 31.5 Å². The van der Waals surface area contributed by atoms with E-state index in [1.54, 1.807) is 0 Å². The van der Waals surface area contributed by atoms with Crippen molar-refractivity contribution >= 4 is 17.7 Å². The van der Waals surface area contributed by atoms with Crippen molar-refractivity contribution in [2.75, 3.05) is 0 Å². The van der Waals surface area contributed by atoms with Crippen molar-refractivity contribution in [1.29, 1.82) is 0 Å². The third-order valence-corrected chi connectivity index (χ3v) is 1.49. The third kappa shape index (κ3) is 2.05. The zero-order valence-electron chi connectivity index (χ0n) is 7.43. The minimum atomic E-state index is -1.01. The Morgan fingerprint density at radius 2 is 1.47 bits per heavy atom. The van der Waals surface area contributed by atoms with Gasteiger partial charge in [0, 0.05) is 0 Å². The topological polar surface area (TPSA) is 155 Å². The fourth-order valence-corrected chi connectivity index (χ4v) is 0.860. The minimum absolute atomic E-state index is 0.270. The van der Waals surface area contributed by atoms with Gasteiger partial charge in [0.15, 0.2) is 11.4 Å². The summed E-state index contributed by atoms with van der Waals surface area (Å²) in [6, 6.07) is 0. The molecule has 0 saturated heterocycles. The fourth-order valence-electron chi connectivity index (χ4n) is 0.860. The first-order valence-electron chi connectivity index (χ1n) is 3.70. The van der Waals surface area contributed by atoms with Crippen LogP contribution < -0.4 is 17.2 Å². The Labute approximate surface area is 83.5 Å². The highest BCUT2D eigenvalue weighted by Crippen LogP contribution is 2.02. The maximum absolute atomic E-state index is 10.9. The van der Waals surface area contributed by atoms with Crippen LogP contribution in [0.3, 0.4) is 0 Å². The molecular formula is C7H7N5O3. The molecule has 1 rings (SSSR count). The third-order valence-electron chi connectivity index (χ3n) is 1.49. The smallest absolute Gasteiger partial charge is 0.269 e. The Hall–Kier alpha value is -2.51. The molecule has 0 aromatic carbocycles. The van der Waals surface area contributed by atoms with Gasteiger partial charge in [-0.15, -0.1) is 0 Å². The maximum Gasteiger partial charge on any atom is 0.269 e. The fraction of sp³-hybridized carbons (Fsp3) is 0. The van der Waals surface area contributed by atoms with Gasteiger partial charge in [-0.1, -0.05) is 0 Å². The van der Waals surface area contributed by atoms with Gasteiger partial charge in [0.2, 0.25) is 0 Å². The highest BCUT2D eigenvalue weighted by Gasteiger charge is 2.18. The number of aromatic nitrogens is 2. The van der Waals surface area contributed by atoms with E-state index in [1.807, 2.05) is 0 Å². The van der Waals surface area contributed by atoms with E-state index < -0.39 is 29.1 Å². The molecule has 0 bridgehead atoms. The second-order valence-electron chi connectivity index (χ2n) is 2.55. The van der Waals surface area contributed by atoms with Gasteiger partial charge in [0.05, 0.1) is 6.20 Å². The van der Waals surface area contributed by atoms with E-state index in [1.165, 1.54) is 0 Å². The molecular weight excluding hydrogens is 202 g/mol. The predicted molar refractivity (Wildman–Crippen MR) is 47.6 cm³/mol. The van der Waals surface area contributed by atoms with Crippen LogP contribution in [0.2, 0.25) is 0 Å². The molecule has 0 aliphatic heterocycles. The molecule has 8 heteroatoms. The summed E-state index contributed by atoms with van der Waals surface area (Å²) in [5.74, 6) is -2.87. The SMILES string of the molecule is NC(=O)c1cnc(C(N)=O)c(C(N)=O)n1. The quantitative estimate of drug-likeness (QED) is 0.513. The average Bonchev–Trinajstić information content (AvgIpc) is 2.16. The zero-order valence-corrected chi connectivity index (χ0v) is 7.43. The van der Waals surface area contributed by atoms with Crippen molar-refractivity contribution < 1.29 is 14.4 Å². The molecule has 78 valence electrons. The molecule has 1 aromatic heterocycles. The Bertz CT molecular complexity index is 456. The summed E-state index contributed by atoms with van der Waals surface area (Å²) in [6.45, 7) is 0. The molecule has 6 N–H and O–H groups in total. The zero-order chi connectivity index (χ0) is 11.6. The molecule has 15 heavy (non-hydrogen) atoms. The van der Waals surface area contributed by atoms with E-state index in [9.17, 15) is 14.4 Å². The van der Waals surface area contributed by atoms with Gasteiger partial charge >= 0.3 is 0 Å². The van der Waals surface area contributed by atoms with Crippen molar-refractivity contribution in [2.24, 2.45) is 17.2 Å². The molecule has 1 heterocycles. The van der Waals surface area contributed by atoms with E-state index in [-0.39, 0.29) is 5.69 Å². The lowest BCUT2D eigenvalue weighted by molar-refractivity contribution is 0.0955. The average molecular weight is 209 g/mol. The molecule has 0 saturated carbocycles. The molecule has 3 amide bonds. The molecule has 0 aliphatic carbocycles. The maximum atomic E-state index is 10.9.